The first-order valence-corrected chi connectivity index (χ1v) is 38.5. The second-order valence-electron chi connectivity index (χ2n) is 32.0. The molecule has 6 fully saturated rings. The third-order valence-corrected chi connectivity index (χ3v) is 22.7. The standard InChI is InChI=1S/C80H117F2N11O12/c1-50(2)30-31-59-74(100)88(10)63(45-54-24-15-13-16-25-54)67(94)47-58(41-51(3)4)73(99)89(11)66(77(103)91-37-18-14-19-38-91)48-69(96)87(9)64(42-52(5)6)72(98)85-70(57-27-22-28-57)79(105)92-39-20-17-29-61(92)78(104)93-40-34-62(93)76(102)90(12)65(46-55-32-35-80(81,82)36-33-55)75(101)86(8)49-68(95)83-60(71(97)84-59)44-56-26-21-23-53(7)43-56/h13,15-16,21,23-26,30,43,51-52,55,57-66,70H,14,17-20,22,27-29,31-42,44-49H2,1-12H3,(H,83,95)(H,84,97)(H,85,98)/t58-,59-,60-,61-,62-,63+,64-,65-,66-,70?/m0/s1. The van der Waals surface area contributed by atoms with Gasteiger partial charge in [-0.3, -0.25) is 57.5 Å². The van der Waals surface area contributed by atoms with Crippen LogP contribution in [0, 0.1) is 36.5 Å². The van der Waals surface area contributed by atoms with Crippen molar-refractivity contribution in [3.05, 3.63) is 82.9 Å². The number of likely N-dealkylation sites (N-methyl/N-ethyl adjacent to an activating group) is 5. The summed E-state index contributed by atoms with van der Waals surface area (Å²) in [7, 11) is 7.20. The number of likely N-dealkylation sites (tertiary alicyclic amines) is 1. The van der Waals surface area contributed by atoms with Gasteiger partial charge in [0.2, 0.25) is 70.9 Å². The molecule has 578 valence electrons. The van der Waals surface area contributed by atoms with Crippen molar-refractivity contribution >= 4 is 70.8 Å². The minimum atomic E-state index is -2.91. The molecule has 2 aliphatic carbocycles. The number of rotatable bonds is 14. The highest BCUT2D eigenvalue weighted by atomic mass is 19.3. The lowest BCUT2D eigenvalue weighted by molar-refractivity contribution is -0.162. The summed E-state index contributed by atoms with van der Waals surface area (Å²) < 4.78 is 29.5. The summed E-state index contributed by atoms with van der Waals surface area (Å²) >= 11 is 0. The fraction of sp³-hybridized carbons (Fsp3) is 0.675. The predicted molar refractivity (Wildman–Crippen MR) is 394 cm³/mol. The van der Waals surface area contributed by atoms with E-state index >= 15 is 52.7 Å². The number of aryl methyl sites for hydroxylation is 1. The molecule has 10 atom stereocenters. The van der Waals surface area contributed by atoms with Crippen molar-refractivity contribution in [2.24, 2.45) is 29.6 Å². The van der Waals surface area contributed by atoms with Crippen molar-refractivity contribution in [3.63, 3.8) is 0 Å². The molecule has 3 N–H and O–H groups in total. The smallest absolute Gasteiger partial charge is 0.248 e. The van der Waals surface area contributed by atoms with Crippen molar-refractivity contribution in [2.45, 2.75) is 250 Å². The number of allylic oxidation sites excluding steroid dienone is 1. The van der Waals surface area contributed by atoms with Crippen molar-refractivity contribution in [2.75, 3.05) is 68.0 Å². The van der Waals surface area contributed by atoms with E-state index in [4.69, 9.17) is 0 Å². The van der Waals surface area contributed by atoms with Gasteiger partial charge in [-0.25, -0.2) is 8.78 Å². The average Bonchev–Trinajstić information content (AvgIpc) is 0.780. The molecule has 2 aromatic rings. The van der Waals surface area contributed by atoms with Crippen LogP contribution in [0.2, 0.25) is 0 Å². The van der Waals surface area contributed by atoms with Gasteiger partial charge >= 0.3 is 0 Å². The Bertz CT molecular complexity index is 3460. The van der Waals surface area contributed by atoms with E-state index in [-0.39, 0.29) is 95.1 Å². The predicted octanol–water partition coefficient (Wildman–Crippen LogP) is 7.44. The first-order chi connectivity index (χ1) is 49.7. The Labute approximate surface area is 620 Å². The molecule has 4 aliphatic heterocycles. The number of nitrogens with one attached hydrogen (secondary N) is 3. The number of ketones is 1. The van der Waals surface area contributed by atoms with Crippen LogP contribution in [0.15, 0.2) is 66.2 Å². The highest BCUT2D eigenvalue weighted by Crippen LogP contribution is 2.40. The Morgan fingerprint density at radius 2 is 1.19 bits per heavy atom. The van der Waals surface area contributed by atoms with Crippen LogP contribution >= 0.6 is 0 Å². The number of alkyl halides is 2. The molecule has 0 radical (unpaired) electrons. The fourth-order valence-electron chi connectivity index (χ4n) is 16.0. The monoisotopic (exact) mass is 1460 g/mol. The number of hydrogen-bond donors (Lipinski definition) is 3. The van der Waals surface area contributed by atoms with Gasteiger partial charge in [0.15, 0.2) is 5.78 Å². The molecule has 23 nitrogen and oxygen atoms in total. The number of amides is 11. The van der Waals surface area contributed by atoms with Gasteiger partial charge in [0.1, 0.15) is 48.3 Å². The molecule has 0 spiro atoms. The van der Waals surface area contributed by atoms with E-state index in [0.717, 1.165) is 28.9 Å². The molecule has 6 aliphatic rings. The molecule has 4 heterocycles. The van der Waals surface area contributed by atoms with Crippen molar-refractivity contribution < 1.29 is 66.3 Å². The molecule has 4 saturated heterocycles. The van der Waals surface area contributed by atoms with E-state index in [1.54, 1.807) is 35.2 Å². The van der Waals surface area contributed by atoms with Crippen LogP contribution in [0.3, 0.4) is 0 Å². The summed E-state index contributed by atoms with van der Waals surface area (Å²) in [6.45, 7) is 13.6. The van der Waals surface area contributed by atoms with Crippen LogP contribution in [-0.2, 0) is 70.4 Å². The topological polar surface area (TPSA) is 267 Å². The van der Waals surface area contributed by atoms with Crippen molar-refractivity contribution in [1.29, 1.82) is 0 Å². The number of halogens is 2. The molecule has 2 aromatic carbocycles. The van der Waals surface area contributed by atoms with Crippen LogP contribution in [0.1, 0.15) is 187 Å². The second-order valence-corrected chi connectivity index (χ2v) is 32.0. The number of nitrogens with zero attached hydrogens (tertiary/aromatic N) is 8. The lowest BCUT2D eigenvalue weighted by Gasteiger charge is -2.47. The zero-order valence-electron chi connectivity index (χ0n) is 64.2. The zero-order valence-corrected chi connectivity index (χ0v) is 64.2. The maximum Gasteiger partial charge on any atom is 0.248 e. The highest BCUT2D eigenvalue weighted by Gasteiger charge is 2.50. The lowest BCUT2D eigenvalue weighted by Crippen LogP contribution is -2.66. The summed E-state index contributed by atoms with van der Waals surface area (Å²) in [6.07, 6.45) is 6.11. The first kappa shape index (κ1) is 82.5. The van der Waals surface area contributed by atoms with Crippen LogP contribution in [0.4, 0.5) is 8.78 Å². The Balaban J connectivity index is 1.21. The normalized spacial score (nSPS) is 27.4. The Morgan fingerprint density at radius 1 is 0.562 bits per heavy atom. The molecule has 11 amide bonds. The minimum Gasteiger partial charge on any atom is -0.342 e. The molecule has 8 rings (SSSR count). The number of carbonyl (C=O) groups is 12. The van der Waals surface area contributed by atoms with Crippen LogP contribution in [0.5, 0.6) is 0 Å². The van der Waals surface area contributed by atoms with E-state index in [2.05, 4.69) is 16.0 Å². The average molecular weight is 1460 g/mol. The molecular weight excluding hydrogens is 1340 g/mol. The van der Waals surface area contributed by atoms with Gasteiger partial charge in [0.25, 0.3) is 0 Å². The summed E-state index contributed by atoms with van der Waals surface area (Å²) in [5.41, 5.74) is 3.00. The molecule has 25 heteroatoms. The van der Waals surface area contributed by atoms with E-state index in [1.165, 1.54) is 64.6 Å². The molecule has 2 saturated carbocycles. The van der Waals surface area contributed by atoms with E-state index < -0.39 is 175 Å². The molecule has 105 heavy (non-hydrogen) atoms. The summed E-state index contributed by atoms with van der Waals surface area (Å²) in [6, 6.07) is 5.35. The Morgan fingerprint density at radius 3 is 1.80 bits per heavy atom. The second kappa shape index (κ2) is 37.4. The Hall–Kier alpha value is -8.12. The summed E-state index contributed by atoms with van der Waals surface area (Å²) in [5, 5.41) is 8.82. The van der Waals surface area contributed by atoms with Crippen LogP contribution < -0.4 is 16.0 Å². The number of fused-ring (bicyclic) bond motifs is 2. The number of hydrogen-bond acceptors (Lipinski definition) is 12. The first-order valence-electron chi connectivity index (χ1n) is 38.5. The number of carbonyl (C=O) groups excluding carboxylic acids is 12. The van der Waals surface area contributed by atoms with Gasteiger partial charge in [-0.2, -0.15) is 0 Å². The number of piperidine rings is 2. The molecule has 1 unspecified atom stereocenters. The number of benzene rings is 2. The maximum absolute atomic E-state index is 15.6. The van der Waals surface area contributed by atoms with Crippen molar-refractivity contribution in [1.82, 2.24) is 55.1 Å². The zero-order chi connectivity index (χ0) is 76.7. The maximum atomic E-state index is 15.6. The summed E-state index contributed by atoms with van der Waals surface area (Å²) in [5.74, 6) is -12.3. The van der Waals surface area contributed by atoms with Gasteiger partial charge in [0.05, 0.1) is 19.0 Å². The number of Topliss-reactive ketones (excluding diaryl/α,β-unsaturated/α-hetero) is 1. The third-order valence-electron chi connectivity index (χ3n) is 22.7. The lowest BCUT2D eigenvalue weighted by atomic mass is 9.78. The van der Waals surface area contributed by atoms with Gasteiger partial charge in [-0.15, -0.1) is 0 Å². The van der Waals surface area contributed by atoms with E-state index in [1.807, 2.05) is 78.8 Å². The van der Waals surface area contributed by atoms with E-state index in [9.17, 15) is 13.6 Å². The molecular formula is C80H117F2N11O12. The quantitative estimate of drug-likeness (QED) is 0.156. The fourth-order valence-corrected chi connectivity index (χ4v) is 16.0. The van der Waals surface area contributed by atoms with Gasteiger partial charge in [-0.05, 0) is 158 Å². The van der Waals surface area contributed by atoms with E-state index in [0.29, 0.717) is 62.7 Å². The van der Waals surface area contributed by atoms with Gasteiger partial charge < -0.3 is 55.1 Å². The van der Waals surface area contributed by atoms with Gasteiger partial charge in [0, 0.05) is 93.0 Å². The minimum absolute atomic E-state index is 0.00159. The molecule has 0 aromatic heterocycles. The molecule has 0 bridgehead atoms. The van der Waals surface area contributed by atoms with Gasteiger partial charge in [-0.1, -0.05) is 106 Å². The highest BCUT2D eigenvalue weighted by molar-refractivity contribution is 6.00. The van der Waals surface area contributed by atoms with Crippen molar-refractivity contribution in [3.8, 4) is 0 Å². The largest absolute Gasteiger partial charge is 0.342 e. The SMILES string of the molecule is CC(C)=CC[C@@H]1NC(=O)[C@H](Cc2cccc(C)c2)NC(=O)CN(C)C(=O)[C@H](CC2CCC(F)(F)CC2)N(C)C(=O)[C@@H]2CCN2C(=O)[C@@H]2CCCCN2C(=O)C(C2CCC2)NC(=O)[C@H](CC(C)C)N(C)C(=O)C[C@@H](C(=O)N2CCCCC2)N(C)C(=O)[C@@H](CC(C)C)CC(=O)[C@@H](Cc2ccccc2)N(C)C1=O. The Kier molecular flexibility index (Phi) is 29.4. The van der Waals surface area contributed by atoms with Crippen LogP contribution in [0.25, 0.3) is 0 Å². The third kappa shape index (κ3) is 21.8. The summed E-state index contributed by atoms with van der Waals surface area (Å²) in [4.78, 5) is 193. The van der Waals surface area contributed by atoms with Crippen LogP contribution in [-0.4, -0.2) is 238 Å².